The Morgan fingerprint density at radius 3 is 2.43 bits per heavy atom. The van der Waals surface area contributed by atoms with Crippen molar-refractivity contribution in [3.63, 3.8) is 0 Å². The molecular weight excluding hydrogens is 730 g/mol. The molecule has 3 amide bonds. The summed E-state index contributed by atoms with van der Waals surface area (Å²) in [6, 6.07) is 1.44. The number of rotatable bonds is 11. The fraction of sp³-hybridized carbons (Fsp3) is 0.452. The number of hydrogen-bond donors (Lipinski definition) is 7. The molecule has 1 aromatic heterocycles. The van der Waals surface area contributed by atoms with Gasteiger partial charge in [0.2, 0.25) is 5.60 Å². The fourth-order valence-corrected chi connectivity index (χ4v) is 8.87. The van der Waals surface area contributed by atoms with Gasteiger partial charge in [-0.15, -0.1) is 23.1 Å². The molecule has 8 N–H and O–H groups in total. The topological polar surface area (TPSA) is 254 Å². The molecule has 5 aliphatic heterocycles. The number of phenolic OH excluding ortho intramolecular Hbond substituents is 2. The lowest BCUT2D eigenvalue weighted by Gasteiger charge is -2.56. The van der Waals surface area contributed by atoms with Gasteiger partial charge in [-0.3, -0.25) is 19.3 Å². The van der Waals surface area contributed by atoms with Crippen molar-refractivity contribution in [3.05, 3.63) is 45.1 Å². The van der Waals surface area contributed by atoms with Gasteiger partial charge in [-0.2, -0.15) is 0 Å². The van der Waals surface area contributed by atoms with Gasteiger partial charge in [0.1, 0.15) is 29.4 Å². The number of quaternary nitrogens is 1. The summed E-state index contributed by atoms with van der Waals surface area (Å²) in [4.78, 5) is 74.5. The lowest BCUT2D eigenvalue weighted by atomic mass is 9.77. The fourth-order valence-electron chi connectivity index (χ4n) is 6.75. The molecule has 0 aliphatic carbocycles. The van der Waals surface area contributed by atoms with Crippen LogP contribution in [0, 0.1) is 0 Å². The second kappa shape index (κ2) is 13.2. The number of phenols is 2. The van der Waals surface area contributed by atoms with Crippen LogP contribution in [0.2, 0.25) is 5.02 Å². The number of aromatic hydroxyl groups is 2. The minimum atomic E-state index is -1.79. The molecule has 0 spiro atoms. The molecular formula is C31H35ClN7O10S2+. The number of carboxylic acid groups (broad SMARTS) is 2. The molecule has 2 atom stereocenters. The monoisotopic (exact) mass is 764 g/mol. The molecule has 0 saturated carbocycles. The van der Waals surface area contributed by atoms with Crippen LogP contribution in [0.15, 0.2) is 33.9 Å². The Morgan fingerprint density at radius 1 is 1.18 bits per heavy atom. The summed E-state index contributed by atoms with van der Waals surface area (Å²) >= 11 is 8.45. The van der Waals surface area contributed by atoms with Crippen LogP contribution in [0.25, 0.3) is 0 Å². The zero-order chi connectivity index (χ0) is 37.0. The van der Waals surface area contributed by atoms with Crippen molar-refractivity contribution in [1.82, 2.24) is 20.5 Å². The maximum absolute atomic E-state index is 13.5. The first kappa shape index (κ1) is 36.2. The zero-order valence-corrected chi connectivity index (χ0v) is 29.7. The van der Waals surface area contributed by atoms with Crippen molar-refractivity contribution in [2.24, 2.45) is 5.16 Å². The van der Waals surface area contributed by atoms with E-state index in [1.165, 1.54) is 48.0 Å². The maximum Gasteiger partial charge on any atom is 0.352 e. The highest BCUT2D eigenvalue weighted by atomic mass is 35.5. The van der Waals surface area contributed by atoms with Crippen LogP contribution >= 0.6 is 34.7 Å². The number of carbonyl (C=O) groups excluding carboxylic acids is 3. The summed E-state index contributed by atoms with van der Waals surface area (Å²) in [5.74, 6) is -5.27. The van der Waals surface area contributed by atoms with Crippen LogP contribution < -0.4 is 16.4 Å². The first-order valence-electron chi connectivity index (χ1n) is 15.8. The lowest BCUT2D eigenvalue weighted by molar-refractivity contribution is -0.938. The van der Waals surface area contributed by atoms with Crippen LogP contribution in [0.4, 0.5) is 5.13 Å². The van der Waals surface area contributed by atoms with E-state index in [1.54, 1.807) is 0 Å². The number of amides is 3. The number of benzene rings is 1. The molecule has 7 rings (SSSR count). The van der Waals surface area contributed by atoms with Crippen LogP contribution in [0.5, 0.6) is 11.5 Å². The van der Waals surface area contributed by atoms with Gasteiger partial charge in [-0.1, -0.05) is 16.8 Å². The van der Waals surface area contributed by atoms with E-state index in [4.69, 9.17) is 22.2 Å². The van der Waals surface area contributed by atoms with Gasteiger partial charge >= 0.3 is 11.9 Å². The second-order valence-electron chi connectivity index (χ2n) is 13.5. The molecule has 0 radical (unpaired) electrons. The summed E-state index contributed by atoms with van der Waals surface area (Å²) in [6.45, 7) is 4.82. The lowest BCUT2D eigenvalue weighted by Crippen LogP contribution is -2.72. The number of aromatic nitrogens is 1. The third kappa shape index (κ3) is 6.65. The predicted molar refractivity (Wildman–Crippen MR) is 184 cm³/mol. The number of oxime groups is 1. The molecule has 1 aromatic carbocycles. The summed E-state index contributed by atoms with van der Waals surface area (Å²) in [7, 11) is 0. The largest absolute Gasteiger partial charge is 0.504 e. The average molecular weight is 765 g/mol. The highest BCUT2D eigenvalue weighted by Crippen LogP contribution is 2.44. The number of piperidine rings is 3. The Morgan fingerprint density at radius 2 is 1.84 bits per heavy atom. The quantitative estimate of drug-likeness (QED) is 0.0561. The number of nitrogens with one attached hydrogen (secondary N) is 2. The molecule has 4 fully saturated rings. The molecule has 17 nitrogen and oxygen atoms in total. The Hall–Kier alpha value is -4.59. The van der Waals surface area contributed by atoms with E-state index in [-0.39, 0.29) is 27.1 Å². The van der Waals surface area contributed by atoms with Gasteiger partial charge in [-0.05, 0) is 26.0 Å². The van der Waals surface area contributed by atoms with E-state index >= 15 is 0 Å². The smallest absolute Gasteiger partial charge is 0.352 e. The number of anilines is 1. The van der Waals surface area contributed by atoms with Crippen molar-refractivity contribution in [2.75, 3.05) is 37.7 Å². The molecule has 6 heterocycles. The van der Waals surface area contributed by atoms with E-state index < -0.39 is 69.4 Å². The van der Waals surface area contributed by atoms with Gasteiger partial charge in [0.25, 0.3) is 17.7 Å². The summed E-state index contributed by atoms with van der Waals surface area (Å²) < 4.78 is 0.585. The highest BCUT2D eigenvalue weighted by molar-refractivity contribution is 8.00. The number of β-lactam (4-membered cyclic amide) rings is 1. The summed E-state index contributed by atoms with van der Waals surface area (Å²) in [5.41, 5.74) is 3.55. The van der Waals surface area contributed by atoms with Crippen molar-refractivity contribution in [2.45, 2.75) is 55.7 Å². The van der Waals surface area contributed by atoms with Crippen LogP contribution in [-0.4, -0.2) is 125 Å². The molecule has 0 unspecified atom stereocenters. The average Bonchev–Trinajstić information content (AvgIpc) is 3.51. The number of thioether (sulfide) groups is 1. The van der Waals surface area contributed by atoms with Crippen LogP contribution in [-0.2, 0) is 24.0 Å². The van der Waals surface area contributed by atoms with E-state index in [1.807, 2.05) is 0 Å². The predicted octanol–water partition coefficient (Wildman–Crippen LogP) is 1.30. The normalized spacial score (nSPS) is 25.9. The van der Waals surface area contributed by atoms with E-state index in [0.29, 0.717) is 61.3 Å². The summed E-state index contributed by atoms with van der Waals surface area (Å²) in [6.07, 6.45) is 1.85. The molecule has 20 heteroatoms. The molecule has 272 valence electrons. The van der Waals surface area contributed by atoms with E-state index in [2.05, 4.69) is 20.8 Å². The van der Waals surface area contributed by atoms with Crippen molar-refractivity contribution >= 4 is 75.2 Å². The van der Waals surface area contributed by atoms with Gasteiger partial charge in [-0.25, -0.2) is 14.6 Å². The first-order chi connectivity index (χ1) is 24.0. The number of nitrogens with two attached hydrogens (primary N) is 1. The molecule has 2 aromatic rings. The number of hydrogen-bond acceptors (Lipinski definition) is 13. The Bertz CT molecular complexity index is 1890. The first-order valence-corrected chi connectivity index (χ1v) is 18.1. The van der Waals surface area contributed by atoms with Crippen LogP contribution in [0.3, 0.4) is 0 Å². The van der Waals surface area contributed by atoms with Gasteiger partial charge in [0.15, 0.2) is 22.3 Å². The number of fused-ring (bicyclic) bond motifs is 4. The van der Waals surface area contributed by atoms with Gasteiger partial charge in [0, 0.05) is 36.0 Å². The van der Waals surface area contributed by atoms with E-state index in [9.17, 15) is 44.4 Å². The number of aliphatic carboxylic acids is 2. The van der Waals surface area contributed by atoms with Crippen molar-refractivity contribution in [3.8, 4) is 11.5 Å². The second-order valence-corrected chi connectivity index (χ2v) is 15.9. The number of thiazole rings is 1. The van der Waals surface area contributed by atoms with Crippen molar-refractivity contribution in [1.29, 1.82) is 0 Å². The number of carboxylic acids is 2. The number of nitrogens with zero attached hydrogens (tertiary/aromatic N) is 4. The standard InChI is InChI=1S/C31H34ClN7O10S2/c1-30(2,28(47)48)49-37-19(16-13-51-29(33)34-16)24(43)35-20-25(44)38-21(27(45)46)14(12-50-26(20)38)11-39-8-5-31(6-9-39,7-10-39)36-23(42)15-3-4-17(40)22(41)18(15)32/h3-4,13,20,26H,5-12H2,1-2H3,(H7-,33,34,35,36,37,40,41,42,43,45,46,47,48)/p+1/t20-,26-,31?,39?/m1/s1. The van der Waals surface area contributed by atoms with Crippen LogP contribution in [0.1, 0.15) is 49.2 Å². The number of carbonyl (C=O) groups is 5. The molecule has 4 saturated heterocycles. The Labute approximate surface area is 303 Å². The summed E-state index contributed by atoms with van der Waals surface area (Å²) in [5, 5.41) is 49.4. The van der Waals surface area contributed by atoms with Gasteiger partial charge in [0.05, 0.1) is 35.8 Å². The van der Waals surface area contributed by atoms with E-state index in [0.717, 1.165) is 11.3 Å². The number of halogens is 1. The Balaban J connectivity index is 1.14. The molecule has 5 aliphatic rings. The Kier molecular flexibility index (Phi) is 9.36. The maximum atomic E-state index is 13.5. The number of nitrogen functional groups attached to an aromatic ring is 1. The minimum Gasteiger partial charge on any atom is -0.504 e. The minimum absolute atomic E-state index is 0.00791. The SMILES string of the molecule is CC(C)(O/N=C(\C(=O)N[C@@H]1C(=O)N2C(C(=O)O)=C(C[N+]34CCC(NC(=O)c5ccc(O)c(O)c5Cl)(CC3)CC4)CS[C@H]12)c1csc(N)n1)C(=O)O. The zero-order valence-electron chi connectivity index (χ0n) is 27.3. The highest BCUT2D eigenvalue weighted by Gasteiger charge is 2.56. The molecule has 51 heavy (non-hydrogen) atoms. The molecule has 2 bridgehead atoms. The van der Waals surface area contributed by atoms with Gasteiger partial charge < -0.3 is 46.1 Å². The third-order valence-corrected chi connectivity index (χ3v) is 12.2. The third-order valence-electron chi connectivity index (χ3n) is 9.83. The van der Waals surface area contributed by atoms with Crippen molar-refractivity contribution < 1.29 is 53.7 Å².